The van der Waals surface area contributed by atoms with Crippen LogP contribution in [0, 0.1) is 17.8 Å². The highest BCUT2D eigenvalue weighted by atomic mass is 16.2. The average Bonchev–Trinajstić information content (AvgIpc) is 3.25. The maximum atomic E-state index is 13.0. The molecular formula is C23H32N4O3. The normalized spacial score (nSPS) is 29.0. The topological polar surface area (TPSA) is 86.4 Å². The molecule has 5 rings (SSSR count). The van der Waals surface area contributed by atoms with E-state index < -0.39 is 0 Å². The SMILES string of the molecule is CC1CC1C(=O)N1CCCCC1c1nc2c(c(=O)[nH]1)CN(C(=O)C1CCCC1)CC2. The fourth-order valence-electron chi connectivity index (χ4n) is 5.58. The zero-order chi connectivity index (χ0) is 20.8. The summed E-state index contributed by atoms with van der Waals surface area (Å²) in [6, 6.07) is -0.129. The summed E-state index contributed by atoms with van der Waals surface area (Å²) in [4.78, 5) is 50.3. The Balaban J connectivity index is 1.37. The summed E-state index contributed by atoms with van der Waals surface area (Å²) in [5, 5.41) is 0. The van der Waals surface area contributed by atoms with Crippen LogP contribution in [0.5, 0.6) is 0 Å². The highest BCUT2D eigenvalue weighted by Crippen LogP contribution is 2.42. The molecule has 3 atom stereocenters. The molecule has 2 aliphatic carbocycles. The average molecular weight is 413 g/mol. The van der Waals surface area contributed by atoms with E-state index in [-0.39, 0.29) is 35.3 Å². The van der Waals surface area contributed by atoms with Crippen LogP contribution in [0.2, 0.25) is 0 Å². The highest BCUT2D eigenvalue weighted by Gasteiger charge is 2.44. The first-order valence-electron chi connectivity index (χ1n) is 11.7. The van der Waals surface area contributed by atoms with Crippen LogP contribution < -0.4 is 5.56 Å². The van der Waals surface area contributed by atoms with Crippen LogP contribution in [-0.4, -0.2) is 44.7 Å². The monoisotopic (exact) mass is 412 g/mol. The molecule has 2 saturated carbocycles. The largest absolute Gasteiger partial charge is 0.337 e. The lowest BCUT2D eigenvalue weighted by atomic mass is 9.99. The van der Waals surface area contributed by atoms with E-state index in [1.165, 1.54) is 0 Å². The van der Waals surface area contributed by atoms with Gasteiger partial charge in [0.2, 0.25) is 11.8 Å². The number of hydrogen-bond donors (Lipinski definition) is 1. The van der Waals surface area contributed by atoms with Gasteiger partial charge in [-0.25, -0.2) is 4.98 Å². The Morgan fingerprint density at radius 1 is 1.03 bits per heavy atom. The van der Waals surface area contributed by atoms with Crippen molar-refractivity contribution in [1.82, 2.24) is 19.8 Å². The highest BCUT2D eigenvalue weighted by molar-refractivity contribution is 5.82. The number of nitrogens with one attached hydrogen (secondary N) is 1. The number of nitrogens with zero attached hydrogens (tertiary/aromatic N) is 3. The van der Waals surface area contributed by atoms with Crippen molar-refractivity contribution >= 4 is 11.8 Å². The first-order valence-corrected chi connectivity index (χ1v) is 11.7. The van der Waals surface area contributed by atoms with Crippen LogP contribution in [0.4, 0.5) is 0 Å². The molecule has 0 aromatic carbocycles. The zero-order valence-electron chi connectivity index (χ0n) is 17.9. The Bertz CT molecular complexity index is 904. The first-order chi connectivity index (χ1) is 14.5. The maximum Gasteiger partial charge on any atom is 0.256 e. The number of fused-ring (bicyclic) bond motifs is 1. The predicted octanol–water partition coefficient (Wildman–Crippen LogP) is 2.55. The van der Waals surface area contributed by atoms with Crippen LogP contribution in [-0.2, 0) is 22.6 Å². The fraction of sp³-hybridized carbons (Fsp3) is 0.739. The van der Waals surface area contributed by atoms with Crippen molar-refractivity contribution in [1.29, 1.82) is 0 Å². The van der Waals surface area contributed by atoms with E-state index in [0.717, 1.165) is 63.6 Å². The Morgan fingerprint density at radius 3 is 2.50 bits per heavy atom. The van der Waals surface area contributed by atoms with Crippen LogP contribution in [0.25, 0.3) is 0 Å². The number of carbonyl (C=O) groups is 2. The van der Waals surface area contributed by atoms with E-state index in [1.807, 2.05) is 9.80 Å². The summed E-state index contributed by atoms with van der Waals surface area (Å²) >= 11 is 0. The number of H-pyrrole nitrogens is 1. The molecule has 3 heterocycles. The lowest BCUT2D eigenvalue weighted by Crippen LogP contribution is -2.44. The number of aromatic amines is 1. The van der Waals surface area contributed by atoms with Crippen molar-refractivity contribution in [2.45, 2.75) is 77.3 Å². The fourth-order valence-corrected chi connectivity index (χ4v) is 5.58. The zero-order valence-corrected chi connectivity index (χ0v) is 17.9. The summed E-state index contributed by atoms with van der Waals surface area (Å²) in [7, 11) is 0. The van der Waals surface area contributed by atoms with Crippen LogP contribution in [0.15, 0.2) is 4.79 Å². The van der Waals surface area contributed by atoms with Gasteiger partial charge in [-0.2, -0.15) is 0 Å². The van der Waals surface area contributed by atoms with Gasteiger partial charge in [-0.15, -0.1) is 0 Å². The van der Waals surface area contributed by atoms with Gasteiger partial charge in [-0.05, 0) is 44.4 Å². The van der Waals surface area contributed by atoms with Gasteiger partial charge in [-0.1, -0.05) is 19.8 Å². The van der Waals surface area contributed by atoms with Gasteiger partial charge in [0, 0.05) is 31.3 Å². The third kappa shape index (κ3) is 3.56. The molecule has 3 unspecified atom stereocenters. The van der Waals surface area contributed by atoms with Gasteiger partial charge >= 0.3 is 0 Å². The van der Waals surface area contributed by atoms with Gasteiger partial charge in [0.25, 0.3) is 5.56 Å². The number of likely N-dealkylation sites (tertiary alicyclic amines) is 1. The van der Waals surface area contributed by atoms with Crippen molar-refractivity contribution in [3.8, 4) is 0 Å². The number of rotatable bonds is 3. The number of carbonyl (C=O) groups excluding carboxylic acids is 2. The predicted molar refractivity (Wildman–Crippen MR) is 112 cm³/mol. The van der Waals surface area contributed by atoms with Crippen molar-refractivity contribution < 1.29 is 9.59 Å². The molecule has 7 heteroatoms. The van der Waals surface area contributed by atoms with Crippen molar-refractivity contribution in [3.63, 3.8) is 0 Å². The van der Waals surface area contributed by atoms with Gasteiger partial charge in [-0.3, -0.25) is 14.4 Å². The van der Waals surface area contributed by atoms with E-state index in [2.05, 4.69) is 11.9 Å². The lowest BCUT2D eigenvalue weighted by Gasteiger charge is -2.36. The molecule has 3 fully saturated rings. The lowest BCUT2D eigenvalue weighted by molar-refractivity contribution is -0.137. The second kappa shape index (κ2) is 7.82. The Morgan fingerprint density at radius 2 is 1.77 bits per heavy atom. The number of piperidine rings is 1. The summed E-state index contributed by atoms with van der Waals surface area (Å²) in [5.41, 5.74) is 1.29. The van der Waals surface area contributed by atoms with Crippen molar-refractivity contribution in [3.05, 3.63) is 27.4 Å². The molecule has 0 spiro atoms. The molecule has 1 N–H and O–H groups in total. The van der Waals surface area contributed by atoms with Crippen molar-refractivity contribution in [2.24, 2.45) is 17.8 Å². The molecule has 2 amide bonds. The smallest absolute Gasteiger partial charge is 0.256 e. The molecular weight excluding hydrogens is 380 g/mol. The third-order valence-corrected chi connectivity index (χ3v) is 7.63. The molecule has 1 aromatic heterocycles. The number of aromatic nitrogens is 2. The molecule has 0 radical (unpaired) electrons. The first kappa shape index (κ1) is 19.8. The number of hydrogen-bond acceptors (Lipinski definition) is 4. The molecule has 30 heavy (non-hydrogen) atoms. The van der Waals surface area contributed by atoms with E-state index in [9.17, 15) is 14.4 Å². The second-order valence-electron chi connectivity index (χ2n) is 9.73. The maximum absolute atomic E-state index is 13.0. The van der Waals surface area contributed by atoms with Crippen molar-refractivity contribution in [2.75, 3.05) is 13.1 Å². The minimum Gasteiger partial charge on any atom is -0.337 e. The molecule has 1 aromatic rings. The standard InChI is InChI=1S/C23H32N4O3/c1-14-12-16(14)23(30)27-10-5-4-8-19(27)20-24-18-9-11-26(13-17(18)21(28)25-20)22(29)15-6-2-3-7-15/h14-16,19H,2-13H2,1H3,(H,24,25,28). The van der Waals surface area contributed by atoms with Crippen LogP contribution in [0.1, 0.15) is 81.4 Å². The van der Waals surface area contributed by atoms with Gasteiger partial charge < -0.3 is 14.8 Å². The molecule has 162 valence electrons. The molecule has 1 saturated heterocycles. The van der Waals surface area contributed by atoms with E-state index in [1.54, 1.807) is 0 Å². The summed E-state index contributed by atoms with van der Waals surface area (Å²) in [6.07, 6.45) is 8.69. The second-order valence-corrected chi connectivity index (χ2v) is 9.73. The van der Waals surface area contributed by atoms with E-state index in [4.69, 9.17) is 4.98 Å². The van der Waals surface area contributed by atoms with Gasteiger partial charge in [0.1, 0.15) is 5.82 Å². The minimum absolute atomic E-state index is 0.129. The molecule has 7 nitrogen and oxygen atoms in total. The van der Waals surface area contributed by atoms with E-state index >= 15 is 0 Å². The van der Waals surface area contributed by atoms with Gasteiger partial charge in [0.05, 0.1) is 23.8 Å². The summed E-state index contributed by atoms with van der Waals surface area (Å²) in [5.74, 6) is 1.80. The quantitative estimate of drug-likeness (QED) is 0.827. The summed E-state index contributed by atoms with van der Waals surface area (Å²) in [6.45, 7) is 3.86. The molecule has 0 bridgehead atoms. The number of amides is 2. The Hall–Kier alpha value is -2.18. The van der Waals surface area contributed by atoms with Crippen LogP contribution >= 0.6 is 0 Å². The molecule has 2 aliphatic heterocycles. The third-order valence-electron chi connectivity index (χ3n) is 7.63. The minimum atomic E-state index is -0.142. The van der Waals surface area contributed by atoms with E-state index in [0.29, 0.717) is 36.8 Å². The van der Waals surface area contributed by atoms with Gasteiger partial charge in [0.15, 0.2) is 0 Å². The Kier molecular flexibility index (Phi) is 5.15. The molecule has 4 aliphatic rings. The Labute approximate surface area is 177 Å². The summed E-state index contributed by atoms with van der Waals surface area (Å²) < 4.78 is 0. The van der Waals surface area contributed by atoms with Crippen LogP contribution in [0.3, 0.4) is 0 Å².